The van der Waals surface area contributed by atoms with Crippen molar-refractivity contribution < 1.29 is 34.3 Å². The highest BCUT2D eigenvalue weighted by Crippen LogP contribution is 2.15. The van der Waals surface area contributed by atoms with Crippen molar-refractivity contribution >= 4 is 17.9 Å². The first-order valence-corrected chi connectivity index (χ1v) is 3.42. The highest BCUT2D eigenvalue weighted by molar-refractivity contribution is 5.95. The summed E-state index contributed by atoms with van der Waals surface area (Å²) < 4.78 is 0. The summed E-state index contributed by atoms with van der Waals surface area (Å²) >= 11 is 0. The second-order valence-corrected chi connectivity index (χ2v) is 2.36. The minimum atomic E-state index is -1.20. The van der Waals surface area contributed by atoms with Crippen LogP contribution >= 0.6 is 0 Å². The first-order chi connectivity index (χ1) is 6.11. The Morgan fingerprint density at radius 3 is 2.31 bits per heavy atom. The summed E-state index contributed by atoms with van der Waals surface area (Å²) in [6.45, 7) is 0. The summed E-state index contributed by atoms with van der Waals surface area (Å²) in [6.07, 6.45) is -0.467. The van der Waals surface area contributed by atoms with Crippen LogP contribution in [0.5, 0.6) is 0 Å². The van der Waals surface area contributed by atoms with Gasteiger partial charge < -0.3 is 5.11 Å². The molecule has 7 heteroatoms. The minimum absolute atomic E-state index is 0.156. The molecule has 0 atom stereocenters. The average Bonchev–Trinajstić information content (AvgIpc) is 2.03. The summed E-state index contributed by atoms with van der Waals surface area (Å²) in [5, 5.41) is 12.0. The standard InChI is InChI=1S/C6H6O7/c7-4(8)2-1-3-5(9)11-13-12-6(3)10/h3H,1-2H2,(H,7,8). The molecule has 0 radical (unpaired) electrons. The molecule has 1 rings (SSSR count). The van der Waals surface area contributed by atoms with Gasteiger partial charge in [0.25, 0.3) is 0 Å². The smallest absolute Gasteiger partial charge is 0.361 e. The Balaban J connectivity index is 2.49. The lowest BCUT2D eigenvalue weighted by atomic mass is 10.0. The zero-order valence-electron chi connectivity index (χ0n) is 6.39. The zero-order chi connectivity index (χ0) is 9.84. The molecule has 0 aliphatic carbocycles. The highest BCUT2D eigenvalue weighted by Gasteiger charge is 2.36. The maximum absolute atomic E-state index is 10.8. The lowest BCUT2D eigenvalue weighted by molar-refractivity contribution is -0.473. The van der Waals surface area contributed by atoms with Gasteiger partial charge in [-0.05, 0) is 6.42 Å². The Bertz CT molecular complexity index is 229. The first kappa shape index (κ1) is 9.46. The number of carbonyl (C=O) groups excluding carboxylic acids is 2. The van der Waals surface area contributed by atoms with E-state index in [4.69, 9.17) is 5.11 Å². The fourth-order valence-corrected chi connectivity index (χ4v) is 0.800. The lowest BCUT2D eigenvalue weighted by Crippen LogP contribution is -2.33. The van der Waals surface area contributed by atoms with E-state index in [1.54, 1.807) is 0 Å². The van der Waals surface area contributed by atoms with Gasteiger partial charge in [0.2, 0.25) is 0 Å². The zero-order valence-corrected chi connectivity index (χ0v) is 6.39. The minimum Gasteiger partial charge on any atom is -0.481 e. The van der Waals surface area contributed by atoms with E-state index in [0.29, 0.717) is 0 Å². The first-order valence-electron chi connectivity index (χ1n) is 3.42. The fraction of sp³-hybridized carbons (Fsp3) is 0.500. The number of rotatable bonds is 3. The van der Waals surface area contributed by atoms with Crippen LogP contribution in [-0.4, -0.2) is 23.0 Å². The molecule has 0 bridgehead atoms. The third kappa shape index (κ3) is 2.41. The second kappa shape index (κ2) is 3.85. The van der Waals surface area contributed by atoms with Crippen molar-refractivity contribution in [2.24, 2.45) is 5.92 Å². The SMILES string of the molecule is O=C(O)CCC1C(=O)OOOC1=O. The van der Waals surface area contributed by atoms with Crippen LogP contribution in [0.25, 0.3) is 0 Å². The van der Waals surface area contributed by atoms with Crippen molar-refractivity contribution in [3.05, 3.63) is 0 Å². The maximum Gasteiger partial charge on any atom is 0.361 e. The van der Waals surface area contributed by atoms with Crippen LogP contribution in [0.3, 0.4) is 0 Å². The number of carboxylic acid groups (broad SMARTS) is 1. The Labute approximate surface area is 72.0 Å². The normalized spacial score (nSPS) is 17.8. The third-order valence-electron chi connectivity index (χ3n) is 1.45. The Kier molecular flexibility index (Phi) is 2.80. The number of carboxylic acids is 1. The molecule has 13 heavy (non-hydrogen) atoms. The lowest BCUT2D eigenvalue weighted by Gasteiger charge is -2.15. The molecule has 0 saturated carbocycles. The van der Waals surface area contributed by atoms with Gasteiger partial charge in [0, 0.05) is 11.5 Å². The molecule has 0 amide bonds. The van der Waals surface area contributed by atoms with Gasteiger partial charge in [-0.25, -0.2) is 9.59 Å². The van der Waals surface area contributed by atoms with E-state index in [1.807, 2.05) is 0 Å². The van der Waals surface area contributed by atoms with Gasteiger partial charge in [0.1, 0.15) is 0 Å². The van der Waals surface area contributed by atoms with Gasteiger partial charge in [-0.2, -0.15) is 0 Å². The fourth-order valence-electron chi connectivity index (χ4n) is 0.800. The quantitative estimate of drug-likeness (QED) is 0.469. The van der Waals surface area contributed by atoms with E-state index < -0.39 is 23.8 Å². The predicted molar refractivity (Wildman–Crippen MR) is 33.6 cm³/mol. The van der Waals surface area contributed by atoms with Crippen LogP contribution in [0.2, 0.25) is 0 Å². The van der Waals surface area contributed by atoms with Crippen molar-refractivity contribution in [2.75, 3.05) is 0 Å². The van der Waals surface area contributed by atoms with Crippen LogP contribution < -0.4 is 0 Å². The molecular weight excluding hydrogens is 184 g/mol. The van der Waals surface area contributed by atoms with Crippen molar-refractivity contribution in [3.63, 3.8) is 0 Å². The van der Waals surface area contributed by atoms with Gasteiger partial charge in [-0.15, -0.1) is 0 Å². The number of hydrogen-bond donors (Lipinski definition) is 1. The third-order valence-corrected chi connectivity index (χ3v) is 1.45. The molecule has 72 valence electrons. The molecule has 0 aromatic carbocycles. The van der Waals surface area contributed by atoms with Crippen LogP contribution in [0.4, 0.5) is 0 Å². The topological polar surface area (TPSA) is 99.1 Å². The summed E-state index contributed by atoms with van der Waals surface area (Å²) in [6, 6.07) is 0. The number of carbonyl (C=O) groups is 3. The van der Waals surface area contributed by atoms with Gasteiger partial charge in [-0.1, -0.05) is 0 Å². The van der Waals surface area contributed by atoms with Gasteiger partial charge in [-0.3, -0.25) is 14.6 Å². The largest absolute Gasteiger partial charge is 0.481 e. The molecule has 1 aliphatic heterocycles. The second-order valence-electron chi connectivity index (χ2n) is 2.36. The molecule has 0 aromatic rings. The van der Waals surface area contributed by atoms with Crippen molar-refractivity contribution in [3.8, 4) is 0 Å². The van der Waals surface area contributed by atoms with E-state index in [0.717, 1.165) is 0 Å². The summed E-state index contributed by atoms with van der Waals surface area (Å²) in [4.78, 5) is 39.5. The van der Waals surface area contributed by atoms with Crippen LogP contribution in [0.15, 0.2) is 0 Å². The summed E-state index contributed by atoms with van der Waals surface area (Å²) in [5.74, 6) is -4.17. The molecule has 1 N–H and O–H groups in total. The monoisotopic (exact) mass is 190 g/mol. The molecule has 0 spiro atoms. The highest BCUT2D eigenvalue weighted by atomic mass is 17.5. The Morgan fingerprint density at radius 1 is 1.31 bits per heavy atom. The van der Waals surface area contributed by atoms with Crippen LogP contribution in [-0.2, 0) is 29.2 Å². The van der Waals surface area contributed by atoms with E-state index in [2.05, 4.69) is 14.8 Å². The van der Waals surface area contributed by atoms with Crippen LogP contribution in [0, 0.1) is 5.92 Å². The molecule has 1 aliphatic rings. The molecular formula is C6H6O7. The van der Waals surface area contributed by atoms with E-state index in [1.165, 1.54) is 0 Å². The van der Waals surface area contributed by atoms with Gasteiger partial charge in [0.05, 0.1) is 0 Å². The molecule has 0 aromatic heterocycles. The van der Waals surface area contributed by atoms with Crippen molar-refractivity contribution in [1.82, 2.24) is 0 Å². The van der Waals surface area contributed by atoms with E-state index in [9.17, 15) is 14.4 Å². The maximum atomic E-state index is 10.8. The predicted octanol–water partition coefficient (Wildman–Crippen LogP) is -0.586. The van der Waals surface area contributed by atoms with Gasteiger partial charge in [0.15, 0.2) is 5.92 Å². The number of aliphatic carboxylic acids is 1. The molecule has 0 unspecified atom stereocenters. The molecule has 1 heterocycles. The Hall–Kier alpha value is -1.63. The van der Waals surface area contributed by atoms with E-state index in [-0.39, 0.29) is 12.8 Å². The van der Waals surface area contributed by atoms with Crippen LogP contribution in [0.1, 0.15) is 12.8 Å². The summed E-state index contributed by atoms with van der Waals surface area (Å²) in [5.41, 5.74) is 0. The summed E-state index contributed by atoms with van der Waals surface area (Å²) in [7, 11) is 0. The Morgan fingerprint density at radius 2 is 1.85 bits per heavy atom. The molecule has 7 nitrogen and oxygen atoms in total. The molecule has 1 fully saturated rings. The van der Waals surface area contributed by atoms with Crippen molar-refractivity contribution in [2.45, 2.75) is 12.8 Å². The number of hydrogen-bond acceptors (Lipinski definition) is 6. The molecule has 1 saturated heterocycles. The average molecular weight is 190 g/mol. The van der Waals surface area contributed by atoms with Crippen molar-refractivity contribution in [1.29, 1.82) is 0 Å². The van der Waals surface area contributed by atoms with Gasteiger partial charge >= 0.3 is 17.9 Å². The van der Waals surface area contributed by atoms with E-state index >= 15 is 0 Å².